The first-order valence-corrected chi connectivity index (χ1v) is 16.3. The van der Waals surface area contributed by atoms with Crippen molar-refractivity contribution in [1.29, 1.82) is 0 Å². The highest BCUT2D eigenvalue weighted by Gasteiger charge is 2.67. The molecule has 0 amide bonds. The Balaban J connectivity index is 2.23. The zero-order valence-electron chi connectivity index (χ0n) is 22.7. The van der Waals surface area contributed by atoms with Crippen LogP contribution in [-0.4, -0.2) is 56.7 Å². The molecule has 12 nitrogen and oxygen atoms in total. The molecule has 0 radical (unpaired) electrons. The van der Waals surface area contributed by atoms with Gasteiger partial charge in [-0.05, 0) is 45.8 Å². The molecular weight excluding hydrogens is 522 g/mol. The van der Waals surface area contributed by atoms with E-state index >= 15 is 0 Å². The van der Waals surface area contributed by atoms with E-state index in [2.05, 4.69) is 4.98 Å². The maximum Gasteiger partial charge on any atom is 0.330 e. The monoisotopic (exact) mass is 559 g/mol. The summed E-state index contributed by atoms with van der Waals surface area (Å²) in [6.45, 7) is 15.9. The van der Waals surface area contributed by atoms with Crippen LogP contribution in [0.2, 0.25) is 18.1 Å². The van der Waals surface area contributed by atoms with Crippen LogP contribution in [0.4, 0.5) is 0 Å². The number of carbonyl (C=O) groups is 1. The lowest BCUT2D eigenvalue weighted by atomic mass is 9.89. The second-order valence-electron chi connectivity index (χ2n) is 12.1. The molecule has 0 aromatic carbocycles. The van der Waals surface area contributed by atoms with Crippen molar-refractivity contribution in [3.05, 3.63) is 43.7 Å². The quantitative estimate of drug-likeness (QED) is 0.307. The van der Waals surface area contributed by atoms with Gasteiger partial charge in [-0.25, -0.2) is 8.98 Å². The zero-order valence-corrected chi connectivity index (χ0v) is 24.5. The third-order valence-electron chi connectivity index (χ3n) is 7.07. The molecular formula is C23H37N3O9SSi. The Labute approximate surface area is 217 Å². The maximum atomic E-state index is 12.9. The van der Waals surface area contributed by atoms with Crippen molar-refractivity contribution in [1.82, 2.24) is 9.55 Å². The number of ether oxygens (including phenoxy) is 2. The van der Waals surface area contributed by atoms with Crippen LogP contribution >= 0.6 is 0 Å². The highest BCUT2D eigenvalue weighted by molar-refractivity contribution is 7.90. The fourth-order valence-electron chi connectivity index (χ4n) is 3.86. The van der Waals surface area contributed by atoms with Crippen LogP contribution in [0.5, 0.6) is 0 Å². The lowest BCUT2D eigenvalue weighted by Crippen LogP contribution is -2.58. The minimum Gasteiger partial charge on any atom is -0.462 e. The van der Waals surface area contributed by atoms with E-state index in [1.807, 2.05) is 33.9 Å². The van der Waals surface area contributed by atoms with Crippen molar-refractivity contribution in [2.24, 2.45) is 11.1 Å². The number of nitrogens with two attached hydrogens (primary N) is 1. The van der Waals surface area contributed by atoms with Crippen LogP contribution in [-0.2, 0) is 33.0 Å². The summed E-state index contributed by atoms with van der Waals surface area (Å²) in [4.78, 5) is 39.7. The predicted molar refractivity (Wildman–Crippen MR) is 137 cm³/mol. The molecule has 2 unspecified atom stereocenters. The molecule has 1 saturated heterocycles. The number of esters is 1. The van der Waals surface area contributed by atoms with Crippen LogP contribution in [0.25, 0.3) is 0 Å². The molecule has 3 rings (SSSR count). The van der Waals surface area contributed by atoms with Crippen molar-refractivity contribution in [3.63, 3.8) is 0 Å². The van der Waals surface area contributed by atoms with Gasteiger partial charge in [0.1, 0.15) is 18.8 Å². The molecule has 3 N–H and O–H groups in total. The lowest BCUT2D eigenvalue weighted by Gasteiger charge is -2.43. The molecule has 14 heteroatoms. The van der Waals surface area contributed by atoms with Gasteiger partial charge in [-0.15, -0.1) is 0 Å². The van der Waals surface area contributed by atoms with E-state index < -0.39 is 71.7 Å². The lowest BCUT2D eigenvalue weighted by molar-refractivity contribution is -0.160. The third-order valence-corrected chi connectivity index (χ3v) is 12.6. The second-order valence-corrected chi connectivity index (χ2v) is 18.2. The summed E-state index contributed by atoms with van der Waals surface area (Å²) in [6, 6.07) is 0. The first kappa shape index (κ1) is 29.3. The van der Waals surface area contributed by atoms with Gasteiger partial charge in [0.25, 0.3) is 15.7 Å². The molecule has 1 spiro atoms. The predicted octanol–water partition coefficient (Wildman–Crippen LogP) is 1.62. The molecule has 1 fully saturated rings. The van der Waals surface area contributed by atoms with E-state index in [0.717, 1.165) is 9.98 Å². The molecule has 0 aliphatic carbocycles. The standard InChI is InChI=1S/C23H37N3O9SSi/c1-13-10-26(20(29)25-17(13)27)18-16(34-37(8,9)22(5,6)7)23(14(24)12-36(30,31)35-23)15(33-18)11-32-19(28)21(2,3)4/h10,12,15-16,18H,11,24H2,1-9H3,(H,25,27,29)/t15?,16-,18+,23?/m0/s1. The van der Waals surface area contributed by atoms with Crippen molar-refractivity contribution in [3.8, 4) is 0 Å². The van der Waals surface area contributed by atoms with Crippen LogP contribution in [0.1, 0.15) is 53.3 Å². The Morgan fingerprint density at radius 3 is 2.30 bits per heavy atom. The Bertz CT molecular complexity index is 1330. The number of carbonyl (C=O) groups excluding carboxylic acids is 1. The molecule has 4 atom stereocenters. The third kappa shape index (κ3) is 5.34. The van der Waals surface area contributed by atoms with Gasteiger partial charge in [-0.1, -0.05) is 20.8 Å². The summed E-state index contributed by atoms with van der Waals surface area (Å²) in [5.41, 5.74) is 2.17. The number of hydrogen-bond donors (Lipinski definition) is 2. The summed E-state index contributed by atoms with van der Waals surface area (Å²) in [6.07, 6.45) is -2.47. The van der Waals surface area contributed by atoms with Crippen LogP contribution in [0, 0.1) is 12.3 Å². The zero-order chi connectivity index (χ0) is 28.4. The highest BCUT2D eigenvalue weighted by atomic mass is 32.2. The van der Waals surface area contributed by atoms with Gasteiger partial charge in [0.15, 0.2) is 20.1 Å². The van der Waals surface area contributed by atoms with E-state index in [4.69, 9.17) is 23.8 Å². The molecule has 208 valence electrons. The fraction of sp³-hybridized carbons (Fsp3) is 0.696. The Morgan fingerprint density at radius 1 is 1.22 bits per heavy atom. The highest BCUT2D eigenvalue weighted by Crippen LogP contribution is 2.51. The molecule has 0 bridgehead atoms. The minimum absolute atomic E-state index is 0.204. The first-order valence-electron chi connectivity index (χ1n) is 11.9. The van der Waals surface area contributed by atoms with E-state index in [0.29, 0.717) is 0 Å². The summed E-state index contributed by atoms with van der Waals surface area (Å²) in [7, 11) is -6.95. The number of rotatable bonds is 5. The molecule has 2 aliphatic rings. The number of hydrogen-bond acceptors (Lipinski definition) is 10. The largest absolute Gasteiger partial charge is 0.462 e. The summed E-state index contributed by atoms with van der Waals surface area (Å²) < 4.78 is 50.4. The van der Waals surface area contributed by atoms with Crippen LogP contribution in [0.3, 0.4) is 0 Å². The van der Waals surface area contributed by atoms with Gasteiger partial charge in [0.2, 0.25) is 0 Å². The van der Waals surface area contributed by atoms with Crippen molar-refractivity contribution in [2.75, 3.05) is 6.61 Å². The van der Waals surface area contributed by atoms with E-state index in [9.17, 15) is 22.8 Å². The molecule has 1 aromatic heterocycles. The molecule has 37 heavy (non-hydrogen) atoms. The number of aromatic amines is 1. The minimum atomic E-state index is -4.26. The number of H-pyrrole nitrogens is 1. The molecule has 3 heterocycles. The Kier molecular flexibility index (Phi) is 7.27. The summed E-state index contributed by atoms with van der Waals surface area (Å²) in [5, 5.41) is 0.442. The number of nitrogens with zero attached hydrogens (tertiary/aromatic N) is 1. The van der Waals surface area contributed by atoms with E-state index in [1.165, 1.54) is 13.1 Å². The smallest absolute Gasteiger partial charge is 0.330 e. The molecule has 0 saturated carbocycles. The average molecular weight is 560 g/mol. The average Bonchev–Trinajstić information content (AvgIpc) is 3.13. The Hall–Kier alpha value is -2.26. The van der Waals surface area contributed by atoms with Crippen LogP contribution < -0.4 is 17.0 Å². The van der Waals surface area contributed by atoms with Gasteiger partial charge in [-0.3, -0.25) is 19.1 Å². The SMILES string of the molecule is Cc1cn([C@@H]2OC(COC(=O)C(C)(C)C)C3(OS(=O)(=O)C=C3N)[C@H]2O[Si](C)(C)C(C)(C)C)c(=O)[nH]c1=O. The number of nitrogens with one attached hydrogen (secondary N) is 1. The van der Waals surface area contributed by atoms with E-state index in [-0.39, 0.29) is 16.3 Å². The van der Waals surface area contributed by atoms with Crippen LogP contribution in [0.15, 0.2) is 26.9 Å². The van der Waals surface area contributed by atoms with Gasteiger partial charge in [0, 0.05) is 11.8 Å². The van der Waals surface area contributed by atoms with Gasteiger partial charge >= 0.3 is 11.7 Å². The topological polar surface area (TPSA) is 169 Å². The van der Waals surface area contributed by atoms with E-state index in [1.54, 1.807) is 20.8 Å². The number of aromatic nitrogens is 2. The summed E-state index contributed by atoms with van der Waals surface area (Å²) in [5.74, 6) is -0.558. The maximum absolute atomic E-state index is 12.9. The molecule has 1 aromatic rings. The van der Waals surface area contributed by atoms with Gasteiger partial charge in [-0.2, -0.15) is 8.42 Å². The van der Waals surface area contributed by atoms with Gasteiger partial charge < -0.3 is 19.6 Å². The van der Waals surface area contributed by atoms with Crippen molar-refractivity contribution in [2.45, 2.75) is 90.6 Å². The fourth-order valence-corrected chi connectivity index (χ4v) is 6.36. The number of aryl methyl sites for hydroxylation is 1. The molecule has 2 aliphatic heterocycles. The Morgan fingerprint density at radius 2 is 1.81 bits per heavy atom. The van der Waals surface area contributed by atoms with Crippen molar-refractivity contribution >= 4 is 24.4 Å². The van der Waals surface area contributed by atoms with Crippen molar-refractivity contribution < 1.29 is 31.3 Å². The summed E-state index contributed by atoms with van der Waals surface area (Å²) >= 11 is 0. The second kappa shape index (κ2) is 9.19. The van der Waals surface area contributed by atoms with Gasteiger partial charge in [0.05, 0.1) is 16.5 Å². The first-order chi connectivity index (χ1) is 16.6. The normalized spacial score (nSPS) is 27.9.